The molecule has 0 amide bonds. The minimum atomic E-state index is -0.333. The van der Waals surface area contributed by atoms with Gasteiger partial charge < -0.3 is 10.4 Å². The Hall–Kier alpha value is -0.540. The Bertz CT molecular complexity index is 260. The molecule has 1 atom stereocenters. The van der Waals surface area contributed by atoms with Gasteiger partial charge in [-0.25, -0.2) is 0 Å². The minimum Gasteiger partial charge on any atom is -0.390 e. The third-order valence-electron chi connectivity index (χ3n) is 2.08. The molecule has 1 rings (SSSR count). The van der Waals surface area contributed by atoms with Gasteiger partial charge in [-0.3, -0.25) is 0 Å². The molecular weight excluding hydrogens is 242 g/mol. The van der Waals surface area contributed by atoms with Gasteiger partial charge in [-0.15, -0.1) is 0 Å². The molecule has 0 saturated carbocycles. The fourth-order valence-electron chi connectivity index (χ4n) is 1.15. The third kappa shape index (κ3) is 3.68. The van der Waals surface area contributed by atoms with Crippen LogP contribution in [0.2, 0.25) is 0 Å². The van der Waals surface area contributed by atoms with E-state index in [0.717, 1.165) is 12.1 Å². The monoisotopic (exact) mass is 257 g/mol. The maximum atomic E-state index is 9.31. The summed E-state index contributed by atoms with van der Waals surface area (Å²) in [5.41, 5.74) is 2.39. The number of aryl methyl sites for hydroxylation is 1. The molecule has 0 aromatic heterocycles. The van der Waals surface area contributed by atoms with Crippen LogP contribution >= 0.6 is 15.9 Å². The van der Waals surface area contributed by atoms with Gasteiger partial charge in [0.25, 0.3) is 0 Å². The van der Waals surface area contributed by atoms with Crippen molar-refractivity contribution in [1.29, 1.82) is 0 Å². The van der Waals surface area contributed by atoms with Crippen molar-refractivity contribution in [2.75, 3.05) is 17.2 Å². The Labute approximate surface area is 93.5 Å². The van der Waals surface area contributed by atoms with Gasteiger partial charge >= 0.3 is 0 Å². The molecule has 0 aliphatic carbocycles. The molecule has 1 aromatic rings. The van der Waals surface area contributed by atoms with E-state index >= 15 is 0 Å². The number of anilines is 1. The highest BCUT2D eigenvalue weighted by Crippen LogP contribution is 2.09. The predicted molar refractivity (Wildman–Crippen MR) is 64.1 cm³/mol. The van der Waals surface area contributed by atoms with Gasteiger partial charge in [-0.05, 0) is 24.1 Å². The minimum absolute atomic E-state index is 0.333. The lowest BCUT2D eigenvalue weighted by Crippen LogP contribution is -2.20. The highest BCUT2D eigenvalue weighted by Gasteiger charge is 2.00. The van der Waals surface area contributed by atoms with Gasteiger partial charge in [-0.2, -0.15) is 0 Å². The van der Waals surface area contributed by atoms with E-state index in [1.54, 1.807) is 0 Å². The Morgan fingerprint density at radius 3 is 2.50 bits per heavy atom. The maximum absolute atomic E-state index is 9.31. The zero-order valence-corrected chi connectivity index (χ0v) is 9.92. The first kappa shape index (κ1) is 11.5. The van der Waals surface area contributed by atoms with Crippen molar-refractivity contribution in [2.45, 2.75) is 19.4 Å². The normalized spacial score (nSPS) is 12.5. The summed E-state index contributed by atoms with van der Waals surface area (Å²) in [6.45, 7) is 2.72. The molecule has 0 aliphatic heterocycles. The number of aliphatic hydroxyl groups excluding tert-OH is 1. The van der Waals surface area contributed by atoms with E-state index in [-0.39, 0.29) is 6.10 Å². The molecular formula is C11H16BrNO. The maximum Gasteiger partial charge on any atom is 0.0809 e. The van der Waals surface area contributed by atoms with Crippen molar-refractivity contribution in [3.05, 3.63) is 29.8 Å². The summed E-state index contributed by atoms with van der Waals surface area (Å²) in [6, 6.07) is 8.28. The van der Waals surface area contributed by atoms with E-state index < -0.39 is 0 Å². The van der Waals surface area contributed by atoms with Crippen molar-refractivity contribution in [1.82, 2.24) is 0 Å². The van der Waals surface area contributed by atoms with Gasteiger partial charge in [0.15, 0.2) is 0 Å². The van der Waals surface area contributed by atoms with Gasteiger partial charge in [0, 0.05) is 17.6 Å². The number of nitrogens with one attached hydrogen (secondary N) is 1. The lowest BCUT2D eigenvalue weighted by atomic mass is 10.1. The number of aliphatic hydroxyl groups is 1. The smallest absolute Gasteiger partial charge is 0.0809 e. The highest BCUT2D eigenvalue weighted by atomic mass is 79.9. The van der Waals surface area contributed by atoms with Crippen LogP contribution in [-0.4, -0.2) is 23.1 Å². The Morgan fingerprint density at radius 1 is 1.36 bits per heavy atom. The van der Waals surface area contributed by atoms with Crippen LogP contribution in [0.25, 0.3) is 0 Å². The standard InChI is InChI=1S/C11H16BrNO/c1-2-9-3-5-10(6-4-9)13-8-11(14)7-12/h3-6,11,13-14H,2,7-8H2,1H3. The van der Waals surface area contributed by atoms with Crippen molar-refractivity contribution in [3.8, 4) is 0 Å². The lowest BCUT2D eigenvalue weighted by Gasteiger charge is -2.10. The van der Waals surface area contributed by atoms with Gasteiger partial charge in [0.2, 0.25) is 0 Å². The molecule has 0 fully saturated rings. The summed E-state index contributed by atoms with van der Waals surface area (Å²) in [6.07, 6.45) is 0.727. The fraction of sp³-hybridized carbons (Fsp3) is 0.455. The third-order valence-corrected chi connectivity index (χ3v) is 2.83. The van der Waals surface area contributed by atoms with Crippen molar-refractivity contribution in [2.24, 2.45) is 0 Å². The molecule has 2 N–H and O–H groups in total. The number of hydrogen-bond acceptors (Lipinski definition) is 2. The first-order chi connectivity index (χ1) is 6.76. The second kappa shape index (κ2) is 6.04. The van der Waals surface area contributed by atoms with E-state index in [4.69, 9.17) is 0 Å². The quantitative estimate of drug-likeness (QED) is 0.795. The number of rotatable bonds is 5. The first-order valence-electron chi connectivity index (χ1n) is 4.83. The van der Waals surface area contributed by atoms with Crippen LogP contribution in [0.3, 0.4) is 0 Å². The fourth-order valence-corrected chi connectivity index (χ4v) is 1.38. The van der Waals surface area contributed by atoms with Crippen LogP contribution in [-0.2, 0) is 6.42 Å². The van der Waals surface area contributed by atoms with Crippen molar-refractivity contribution < 1.29 is 5.11 Å². The number of halogens is 1. The van der Waals surface area contributed by atoms with Crippen LogP contribution in [0.4, 0.5) is 5.69 Å². The molecule has 0 aliphatic rings. The zero-order chi connectivity index (χ0) is 10.4. The Balaban J connectivity index is 2.43. The molecule has 0 heterocycles. The van der Waals surface area contributed by atoms with Gasteiger partial charge in [0.05, 0.1) is 6.10 Å². The average molecular weight is 258 g/mol. The largest absolute Gasteiger partial charge is 0.390 e. The van der Waals surface area contributed by atoms with E-state index in [1.807, 2.05) is 12.1 Å². The topological polar surface area (TPSA) is 32.3 Å². The molecule has 78 valence electrons. The van der Waals surface area contributed by atoms with Crippen LogP contribution in [0, 0.1) is 0 Å². The molecule has 0 saturated heterocycles. The molecule has 3 heteroatoms. The Morgan fingerprint density at radius 2 is 2.00 bits per heavy atom. The SMILES string of the molecule is CCc1ccc(NCC(O)CBr)cc1. The van der Waals surface area contributed by atoms with E-state index in [0.29, 0.717) is 11.9 Å². The summed E-state index contributed by atoms with van der Waals surface area (Å²) >= 11 is 3.22. The van der Waals surface area contributed by atoms with Crippen molar-refractivity contribution >= 4 is 21.6 Å². The van der Waals surface area contributed by atoms with Gasteiger partial charge in [0.1, 0.15) is 0 Å². The van der Waals surface area contributed by atoms with E-state index in [1.165, 1.54) is 5.56 Å². The Kier molecular flexibility index (Phi) is 4.98. The average Bonchev–Trinajstić information content (AvgIpc) is 2.26. The molecule has 0 radical (unpaired) electrons. The number of hydrogen-bond donors (Lipinski definition) is 2. The number of alkyl halides is 1. The summed E-state index contributed by atoms with van der Waals surface area (Å²) in [4.78, 5) is 0. The predicted octanol–water partition coefficient (Wildman–Crippen LogP) is 2.42. The highest BCUT2D eigenvalue weighted by molar-refractivity contribution is 9.09. The molecule has 0 bridgehead atoms. The van der Waals surface area contributed by atoms with E-state index in [9.17, 15) is 5.11 Å². The number of benzene rings is 1. The van der Waals surface area contributed by atoms with Crippen molar-refractivity contribution in [3.63, 3.8) is 0 Å². The molecule has 1 unspecified atom stereocenters. The molecule has 0 spiro atoms. The van der Waals surface area contributed by atoms with E-state index in [2.05, 4.69) is 40.3 Å². The lowest BCUT2D eigenvalue weighted by molar-refractivity contribution is 0.214. The second-order valence-electron chi connectivity index (χ2n) is 3.24. The van der Waals surface area contributed by atoms with Crippen LogP contribution < -0.4 is 5.32 Å². The first-order valence-corrected chi connectivity index (χ1v) is 5.95. The molecule has 2 nitrogen and oxygen atoms in total. The molecule has 14 heavy (non-hydrogen) atoms. The molecule has 1 aromatic carbocycles. The van der Waals surface area contributed by atoms with Crippen LogP contribution in [0.1, 0.15) is 12.5 Å². The second-order valence-corrected chi connectivity index (χ2v) is 3.89. The summed E-state index contributed by atoms with van der Waals surface area (Å²) in [7, 11) is 0. The van der Waals surface area contributed by atoms with Crippen LogP contribution in [0.5, 0.6) is 0 Å². The van der Waals surface area contributed by atoms with Crippen LogP contribution in [0.15, 0.2) is 24.3 Å². The summed E-state index contributed by atoms with van der Waals surface area (Å²) < 4.78 is 0. The zero-order valence-electron chi connectivity index (χ0n) is 8.33. The summed E-state index contributed by atoms with van der Waals surface area (Å²) in [5.74, 6) is 0. The van der Waals surface area contributed by atoms with Gasteiger partial charge in [-0.1, -0.05) is 35.0 Å². The summed E-state index contributed by atoms with van der Waals surface area (Å²) in [5, 5.41) is 13.1.